The number of esters is 1. The van der Waals surface area contributed by atoms with Crippen LogP contribution in [-0.4, -0.2) is 17.6 Å². The van der Waals surface area contributed by atoms with Crippen LogP contribution in [0.4, 0.5) is 0 Å². The Labute approximate surface area is 112 Å². The number of carbonyl (C=O) groups is 1. The normalized spacial score (nSPS) is 10.6. The van der Waals surface area contributed by atoms with Gasteiger partial charge in [-0.05, 0) is 23.8 Å². The molecule has 3 heteroatoms. The van der Waals surface area contributed by atoms with Gasteiger partial charge in [-0.1, -0.05) is 36.9 Å². The molecular formula is C16H15NO2. The summed E-state index contributed by atoms with van der Waals surface area (Å²) >= 11 is 0. The van der Waals surface area contributed by atoms with Crippen molar-refractivity contribution in [2.45, 2.75) is 0 Å². The fourth-order valence-corrected chi connectivity index (χ4v) is 1.87. The molecule has 1 aromatic heterocycles. The molecule has 1 heterocycles. The van der Waals surface area contributed by atoms with E-state index in [2.05, 4.69) is 11.3 Å². The van der Waals surface area contributed by atoms with Crippen LogP contribution in [0.1, 0.15) is 5.69 Å². The van der Waals surface area contributed by atoms with E-state index in [1.807, 2.05) is 47.0 Å². The predicted octanol–water partition coefficient (Wildman–Crippen LogP) is 3.44. The maximum atomic E-state index is 11.1. The Kier molecular flexibility index (Phi) is 3.98. The smallest absolute Gasteiger partial charge is 0.330 e. The Bertz CT molecular complexity index is 609. The summed E-state index contributed by atoms with van der Waals surface area (Å²) < 4.78 is 6.50. The highest BCUT2D eigenvalue weighted by atomic mass is 16.5. The van der Waals surface area contributed by atoms with Crippen LogP contribution < -0.4 is 0 Å². The lowest BCUT2D eigenvalue weighted by Crippen LogP contribution is -1.95. The molecule has 0 fully saturated rings. The lowest BCUT2D eigenvalue weighted by Gasteiger charge is -2.06. The molecule has 0 spiro atoms. The first kappa shape index (κ1) is 12.9. The molecule has 0 aliphatic heterocycles. The van der Waals surface area contributed by atoms with Crippen LogP contribution in [0.5, 0.6) is 0 Å². The Hall–Kier alpha value is -2.55. The van der Waals surface area contributed by atoms with Crippen LogP contribution in [-0.2, 0) is 9.53 Å². The lowest BCUT2D eigenvalue weighted by molar-refractivity contribution is -0.134. The topological polar surface area (TPSA) is 31.2 Å². The first-order valence-electron chi connectivity index (χ1n) is 5.91. The van der Waals surface area contributed by atoms with E-state index in [1.54, 1.807) is 12.3 Å². The molecule has 0 saturated heterocycles. The van der Waals surface area contributed by atoms with Gasteiger partial charge in [0, 0.05) is 18.0 Å². The molecule has 0 radical (unpaired) electrons. The van der Waals surface area contributed by atoms with Crippen LogP contribution in [0.25, 0.3) is 23.5 Å². The Morgan fingerprint density at radius 1 is 1.21 bits per heavy atom. The number of ether oxygens (including phenoxy) is 1. The van der Waals surface area contributed by atoms with E-state index < -0.39 is 0 Å². The van der Waals surface area contributed by atoms with Gasteiger partial charge in [0.25, 0.3) is 0 Å². The molecule has 2 rings (SSSR count). The van der Waals surface area contributed by atoms with Crippen LogP contribution in [0.2, 0.25) is 0 Å². The molecule has 0 N–H and O–H groups in total. The molecule has 0 bridgehead atoms. The summed E-state index contributed by atoms with van der Waals surface area (Å²) in [7, 11) is 1.36. The molecular weight excluding hydrogens is 238 g/mol. The molecule has 0 saturated carbocycles. The third-order valence-electron chi connectivity index (χ3n) is 2.79. The number of rotatable bonds is 4. The SMILES string of the molecule is C=Cn1c(/C=C/C(=O)OC)ccc1-c1ccccc1. The van der Waals surface area contributed by atoms with Gasteiger partial charge in [-0.2, -0.15) is 0 Å². The zero-order valence-corrected chi connectivity index (χ0v) is 10.7. The summed E-state index contributed by atoms with van der Waals surface area (Å²) in [6, 6.07) is 13.9. The van der Waals surface area contributed by atoms with Crippen molar-refractivity contribution in [2.24, 2.45) is 0 Å². The van der Waals surface area contributed by atoms with Crippen molar-refractivity contribution in [3.63, 3.8) is 0 Å². The van der Waals surface area contributed by atoms with Gasteiger partial charge in [0.1, 0.15) is 0 Å². The van der Waals surface area contributed by atoms with E-state index >= 15 is 0 Å². The van der Waals surface area contributed by atoms with Gasteiger partial charge in [-0.15, -0.1) is 0 Å². The molecule has 2 aromatic rings. The number of nitrogens with zero attached hydrogens (tertiary/aromatic N) is 1. The molecule has 3 nitrogen and oxygen atoms in total. The second kappa shape index (κ2) is 5.87. The predicted molar refractivity (Wildman–Crippen MR) is 77.3 cm³/mol. The first-order chi connectivity index (χ1) is 9.26. The van der Waals surface area contributed by atoms with E-state index in [0.29, 0.717) is 0 Å². The van der Waals surface area contributed by atoms with Crippen LogP contribution >= 0.6 is 0 Å². The maximum Gasteiger partial charge on any atom is 0.330 e. The second-order valence-electron chi connectivity index (χ2n) is 3.92. The van der Waals surface area contributed by atoms with Gasteiger partial charge in [-0.3, -0.25) is 0 Å². The fraction of sp³-hybridized carbons (Fsp3) is 0.0625. The largest absolute Gasteiger partial charge is 0.466 e. The fourth-order valence-electron chi connectivity index (χ4n) is 1.87. The molecule has 96 valence electrons. The second-order valence-corrected chi connectivity index (χ2v) is 3.92. The van der Waals surface area contributed by atoms with Crippen molar-refractivity contribution in [1.82, 2.24) is 4.57 Å². The maximum absolute atomic E-state index is 11.1. The molecule has 19 heavy (non-hydrogen) atoms. The van der Waals surface area contributed by atoms with E-state index in [9.17, 15) is 4.79 Å². The summed E-state index contributed by atoms with van der Waals surface area (Å²) in [5.41, 5.74) is 3.00. The number of carbonyl (C=O) groups excluding carboxylic acids is 1. The van der Waals surface area contributed by atoms with Gasteiger partial charge in [0.2, 0.25) is 0 Å². The summed E-state index contributed by atoms with van der Waals surface area (Å²) in [6.45, 7) is 3.81. The summed E-state index contributed by atoms with van der Waals surface area (Å²) in [5, 5.41) is 0. The van der Waals surface area contributed by atoms with Crippen LogP contribution in [0, 0.1) is 0 Å². The highest BCUT2D eigenvalue weighted by Crippen LogP contribution is 2.23. The molecule has 0 aliphatic rings. The van der Waals surface area contributed by atoms with E-state index in [1.165, 1.54) is 13.2 Å². The van der Waals surface area contributed by atoms with Crippen LogP contribution in [0.15, 0.2) is 55.1 Å². The third kappa shape index (κ3) is 2.83. The Morgan fingerprint density at radius 2 is 1.95 bits per heavy atom. The van der Waals surface area contributed by atoms with E-state index in [0.717, 1.165) is 17.0 Å². The van der Waals surface area contributed by atoms with Crippen molar-refractivity contribution in [2.75, 3.05) is 7.11 Å². The van der Waals surface area contributed by atoms with E-state index in [4.69, 9.17) is 0 Å². The monoisotopic (exact) mass is 253 g/mol. The third-order valence-corrected chi connectivity index (χ3v) is 2.79. The number of hydrogen-bond acceptors (Lipinski definition) is 2. The summed E-state index contributed by atoms with van der Waals surface area (Å²) in [4.78, 5) is 11.1. The summed E-state index contributed by atoms with van der Waals surface area (Å²) in [6.07, 6.45) is 4.82. The number of methoxy groups -OCH3 is 1. The highest BCUT2D eigenvalue weighted by molar-refractivity contribution is 5.87. The molecule has 1 aromatic carbocycles. The van der Waals surface area contributed by atoms with Crippen LogP contribution in [0.3, 0.4) is 0 Å². The van der Waals surface area contributed by atoms with Crippen molar-refractivity contribution in [3.8, 4) is 11.3 Å². The summed E-state index contributed by atoms with van der Waals surface area (Å²) in [5.74, 6) is -0.377. The first-order valence-corrected chi connectivity index (χ1v) is 5.91. The molecule has 0 aliphatic carbocycles. The van der Waals surface area contributed by atoms with Crippen molar-refractivity contribution >= 4 is 18.2 Å². The standard InChI is InChI=1S/C16H15NO2/c1-3-17-14(10-12-16(18)19-2)9-11-15(17)13-7-5-4-6-8-13/h3-12H,1H2,2H3/b12-10+. The molecule has 0 atom stereocenters. The van der Waals surface area contributed by atoms with E-state index in [-0.39, 0.29) is 5.97 Å². The van der Waals surface area contributed by atoms with Gasteiger partial charge >= 0.3 is 5.97 Å². The number of aromatic nitrogens is 1. The zero-order valence-electron chi connectivity index (χ0n) is 10.7. The van der Waals surface area contributed by atoms with Crippen molar-refractivity contribution in [3.05, 3.63) is 60.8 Å². The van der Waals surface area contributed by atoms with Gasteiger partial charge in [0.15, 0.2) is 0 Å². The average molecular weight is 253 g/mol. The van der Waals surface area contributed by atoms with Gasteiger partial charge in [-0.25, -0.2) is 4.79 Å². The Balaban J connectivity index is 2.39. The number of hydrogen-bond donors (Lipinski definition) is 0. The van der Waals surface area contributed by atoms with Gasteiger partial charge < -0.3 is 9.30 Å². The number of benzene rings is 1. The highest BCUT2D eigenvalue weighted by Gasteiger charge is 2.05. The Morgan fingerprint density at radius 3 is 2.58 bits per heavy atom. The minimum Gasteiger partial charge on any atom is -0.466 e. The molecule has 0 amide bonds. The van der Waals surface area contributed by atoms with Crippen molar-refractivity contribution < 1.29 is 9.53 Å². The van der Waals surface area contributed by atoms with Gasteiger partial charge in [0.05, 0.1) is 12.8 Å². The lowest BCUT2D eigenvalue weighted by atomic mass is 10.1. The average Bonchev–Trinajstić information content (AvgIpc) is 2.88. The minimum absolute atomic E-state index is 0.377. The zero-order chi connectivity index (χ0) is 13.7. The quantitative estimate of drug-likeness (QED) is 0.617. The van der Waals surface area contributed by atoms with Crippen molar-refractivity contribution in [1.29, 1.82) is 0 Å². The molecule has 0 unspecified atom stereocenters. The minimum atomic E-state index is -0.377.